The van der Waals surface area contributed by atoms with Crippen LogP contribution in [-0.2, 0) is 16.6 Å². The predicted octanol–water partition coefficient (Wildman–Crippen LogP) is 2.28. The van der Waals surface area contributed by atoms with Gasteiger partial charge in [-0.2, -0.15) is 4.31 Å². The smallest absolute Gasteiger partial charge is 0.252 e. The fourth-order valence-corrected chi connectivity index (χ4v) is 4.08. The molecule has 0 aromatic carbocycles. The highest BCUT2D eigenvalue weighted by atomic mass is 32.2. The van der Waals surface area contributed by atoms with Crippen molar-refractivity contribution < 1.29 is 8.42 Å². The molecule has 6 heteroatoms. The van der Waals surface area contributed by atoms with Crippen molar-refractivity contribution in [3.8, 4) is 0 Å². The molecule has 104 valence electrons. The Kier molecular flexibility index (Phi) is 5.33. The Morgan fingerprint density at radius 1 is 1.33 bits per heavy atom. The Labute approximate surface area is 114 Å². The first kappa shape index (κ1) is 15.6. The van der Waals surface area contributed by atoms with Crippen molar-refractivity contribution in [1.29, 1.82) is 0 Å². The molecule has 4 nitrogen and oxygen atoms in total. The van der Waals surface area contributed by atoms with Crippen molar-refractivity contribution in [2.24, 2.45) is 0 Å². The summed E-state index contributed by atoms with van der Waals surface area (Å²) in [5, 5.41) is 5.18. The van der Waals surface area contributed by atoms with Crippen LogP contribution in [0.4, 0.5) is 0 Å². The molecule has 0 aliphatic rings. The summed E-state index contributed by atoms with van der Waals surface area (Å²) in [6.45, 7) is 8.57. The van der Waals surface area contributed by atoms with Gasteiger partial charge in [0.25, 0.3) is 10.0 Å². The molecular weight excluding hydrogens is 268 g/mol. The highest BCUT2D eigenvalue weighted by molar-refractivity contribution is 7.91. The summed E-state index contributed by atoms with van der Waals surface area (Å²) >= 11 is 1.28. The minimum absolute atomic E-state index is 0.0330. The van der Waals surface area contributed by atoms with Gasteiger partial charge in [-0.05, 0) is 30.9 Å². The van der Waals surface area contributed by atoms with Crippen LogP contribution in [0.15, 0.2) is 15.7 Å². The van der Waals surface area contributed by atoms with E-state index in [2.05, 4.69) is 19.2 Å². The van der Waals surface area contributed by atoms with Crippen molar-refractivity contribution in [3.05, 3.63) is 17.0 Å². The SMILES string of the molecule is CC(C)NCc1csc(S(=O)(=O)N(C)C(C)C)c1. The van der Waals surface area contributed by atoms with Gasteiger partial charge in [0.05, 0.1) is 0 Å². The van der Waals surface area contributed by atoms with Crippen LogP contribution in [0.5, 0.6) is 0 Å². The number of rotatable bonds is 6. The lowest BCUT2D eigenvalue weighted by molar-refractivity contribution is 0.412. The fourth-order valence-electron chi connectivity index (χ4n) is 1.32. The van der Waals surface area contributed by atoms with Crippen LogP contribution in [0, 0.1) is 0 Å². The van der Waals surface area contributed by atoms with E-state index in [9.17, 15) is 8.42 Å². The monoisotopic (exact) mass is 290 g/mol. The molecule has 0 amide bonds. The normalized spacial score (nSPS) is 12.9. The van der Waals surface area contributed by atoms with Gasteiger partial charge in [0.1, 0.15) is 4.21 Å². The van der Waals surface area contributed by atoms with Gasteiger partial charge in [0, 0.05) is 25.7 Å². The molecule has 0 atom stereocenters. The van der Waals surface area contributed by atoms with Gasteiger partial charge < -0.3 is 5.32 Å². The number of nitrogens with zero attached hydrogens (tertiary/aromatic N) is 1. The van der Waals surface area contributed by atoms with E-state index in [0.717, 1.165) is 5.56 Å². The zero-order chi connectivity index (χ0) is 13.9. The lowest BCUT2D eigenvalue weighted by atomic mass is 10.3. The predicted molar refractivity (Wildman–Crippen MR) is 76.4 cm³/mol. The maximum atomic E-state index is 12.2. The molecule has 0 fully saturated rings. The number of nitrogens with one attached hydrogen (secondary N) is 1. The third-order valence-electron chi connectivity index (χ3n) is 2.70. The zero-order valence-corrected chi connectivity index (χ0v) is 13.2. The van der Waals surface area contributed by atoms with E-state index in [1.165, 1.54) is 15.6 Å². The maximum Gasteiger partial charge on any atom is 0.252 e. The lowest BCUT2D eigenvalue weighted by Crippen LogP contribution is -2.32. The Morgan fingerprint density at radius 3 is 2.44 bits per heavy atom. The fraction of sp³-hybridized carbons (Fsp3) is 0.667. The second kappa shape index (κ2) is 6.14. The van der Waals surface area contributed by atoms with E-state index in [0.29, 0.717) is 16.8 Å². The van der Waals surface area contributed by atoms with Crippen LogP contribution < -0.4 is 5.32 Å². The third kappa shape index (κ3) is 3.78. The van der Waals surface area contributed by atoms with Crippen molar-refractivity contribution in [1.82, 2.24) is 9.62 Å². The number of hydrogen-bond acceptors (Lipinski definition) is 4. The number of thiophene rings is 1. The van der Waals surface area contributed by atoms with Crippen LogP contribution in [-0.4, -0.2) is 31.9 Å². The second-order valence-electron chi connectivity index (χ2n) is 4.92. The van der Waals surface area contributed by atoms with Crippen LogP contribution in [0.3, 0.4) is 0 Å². The van der Waals surface area contributed by atoms with E-state index >= 15 is 0 Å². The summed E-state index contributed by atoms with van der Waals surface area (Å²) in [5.41, 5.74) is 1.02. The van der Waals surface area contributed by atoms with Crippen LogP contribution in [0.25, 0.3) is 0 Å². The van der Waals surface area contributed by atoms with Crippen molar-refractivity contribution in [2.75, 3.05) is 7.05 Å². The molecule has 0 aliphatic heterocycles. The molecule has 0 spiro atoms. The molecule has 18 heavy (non-hydrogen) atoms. The second-order valence-corrected chi connectivity index (χ2v) is 8.06. The van der Waals surface area contributed by atoms with Crippen molar-refractivity contribution in [3.63, 3.8) is 0 Å². The quantitative estimate of drug-likeness (QED) is 0.874. The molecule has 0 unspecified atom stereocenters. The van der Waals surface area contributed by atoms with Crippen LogP contribution in [0.2, 0.25) is 0 Å². The van der Waals surface area contributed by atoms with E-state index in [1.54, 1.807) is 13.1 Å². The maximum absolute atomic E-state index is 12.2. The Morgan fingerprint density at radius 2 is 1.94 bits per heavy atom. The summed E-state index contributed by atoms with van der Waals surface area (Å²) in [6, 6.07) is 2.12. The van der Waals surface area contributed by atoms with Gasteiger partial charge in [0.15, 0.2) is 0 Å². The molecule has 1 aromatic heterocycles. The molecule has 1 aromatic rings. The van der Waals surface area contributed by atoms with Gasteiger partial charge >= 0.3 is 0 Å². The molecule has 1 rings (SSSR count). The van der Waals surface area contributed by atoms with E-state index in [4.69, 9.17) is 0 Å². The summed E-state index contributed by atoms with van der Waals surface area (Å²) in [5.74, 6) is 0. The Bertz CT molecular complexity index is 478. The van der Waals surface area contributed by atoms with Gasteiger partial charge in [-0.1, -0.05) is 13.8 Å². The molecule has 0 aliphatic carbocycles. The largest absolute Gasteiger partial charge is 0.310 e. The summed E-state index contributed by atoms with van der Waals surface area (Å²) in [6.07, 6.45) is 0. The first-order valence-electron chi connectivity index (χ1n) is 6.04. The molecule has 0 saturated carbocycles. The van der Waals surface area contributed by atoms with Gasteiger partial charge in [-0.25, -0.2) is 8.42 Å². The summed E-state index contributed by atoms with van der Waals surface area (Å²) in [4.78, 5) is 0. The number of hydrogen-bond donors (Lipinski definition) is 1. The standard InChI is InChI=1S/C12H22N2O2S2/c1-9(2)13-7-11-6-12(17-8-11)18(15,16)14(5)10(3)4/h6,8-10,13H,7H2,1-5H3. The molecule has 0 radical (unpaired) electrons. The topological polar surface area (TPSA) is 49.4 Å². The first-order chi connectivity index (χ1) is 8.25. The Hall–Kier alpha value is -0.430. The minimum Gasteiger partial charge on any atom is -0.310 e. The first-order valence-corrected chi connectivity index (χ1v) is 8.36. The highest BCUT2D eigenvalue weighted by Crippen LogP contribution is 2.24. The summed E-state index contributed by atoms with van der Waals surface area (Å²) in [7, 11) is -1.72. The average molecular weight is 290 g/mol. The van der Waals surface area contributed by atoms with Gasteiger partial charge in [-0.15, -0.1) is 11.3 Å². The molecule has 1 heterocycles. The molecule has 1 N–H and O–H groups in total. The zero-order valence-electron chi connectivity index (χ0n) is 11.6. The van der Waals surface area contributed by atoms with Crippen LogP contribution >= 0.6 is 11.3 Å². The van der Waals surface area contributed by atoms with Crippen molar-refractivity contribution in [2.45, 2.75) is 50.5 Å². The van der Waals surface area contributed by atoms with Gasteiger partial charge in [-0.3, -0.25) is 0 Å². The van der Waals surface area contributed by atoms with Gasteiger partial charge in [0.2, 0.25) is 0 Å². The molecule has 0 bridgehead atoms. The van der Waals surface area contributed by atoms with E-state index < -0.39 is 10.0 Å². The van der Waals surface area contributed by atoms with Crippen molar-refractivity contribution >= 4 is 21.4 Å². The summed E-state index contributed by atoms with van der Waals surface area (Å²) < 4.78 is 26.3. The number of sulfonamides is 1. The molecular formula is C12H22N2O2S2. The van der Waals surface area contributed by atoms with E-state index in [1.807, 2.05) is 19.2 Å². The van der Waals surface area contributed by atoms with E-state index in [-0.39, 0.29) is 6.04 Å². The minimum atomic E-state index is -3.33. The Balaban J connectivity index is 2.85. The lowest BCUT2D eigenvalue weighted by Gasteiger charge is -2.19. The highest BCUT2D eigenvalue weighted by Gasteiger charge is 2.24. The third-order valence-corrected chi connectivity index (χ3v) is 6.20. The average Bonchev–Trinajstić information content (AvgIpc) is 2.74. The van der Waals surface area contributed by atoms with Crippen LogP contribution in [0.1, 0.15) is 33.3 Å². The molecule has 0 saturated heterocycles.